The molecular weight excluding hydrogens is 276 g/mol. The Bertz CT molecular complexity index is 296. The third kappa shape index (κ3) is 6.44. The Hall–Kier alpha value is -1.14. The second-order valence-electron chi connectivity index (χ2n) is 5.60. The smallest absolute Gasteiger partial charge is 0.321 e. The van der Waals surface area contributed by atoms with Crippen molar-refractivity contribution < 1.29 is 30.0 Å². The molecule has 0 aliphatic heterocycles. The molecular formula is C15H28O6. The normalized spacial score (nSPS) is 14.7. The molecule has 0 aliphatic rings. The third-order valence-electron chi connectivity index (χ3n) is 4.04. The Balaban J connectivity index is 4.68. The van der Waals surface area contributed by atoms with Gasteiger partial charge in [0, 0.05) is 0 Å². The zero-order valence-corrected chi connectivity index (χ0v) is 12.9. The summed E-state index contributed by atoms with van der Waals surface area (Å²) < 4.78 is 0. The van der Waals surface area contributed by atoms with E-state index in [4.69, 9.17) is 0 Å². The Morgan fingerprint density at radius 2 is 1.19 bits per heavy atom. The van der Waals surface area contributed by atoms with Crippen molar-refractivity contribution in [2.75, 3.05) is 0 Å². The summed E-state index contributed by atoms with van der Waals surface area (Å²) >= 11 is 0. The molecule has 21 heavy (non-hydrogen) atoms. The Kier molecular flexibility index (Phi) is 9.21. The van der Waals surface area contributed by atoms with Gasteiger partial charge in [-0.25, -0.2) is 0 Å². The van der Waals surface area contributed by atoms with E-state index in [1.54, 1.807) is 0 Å². The molecule has 0 aliphatic carbocycles. The molecule has 0 fully saturated rings. The number of carbonyl (C=O) groups is 2. The predicted molar refractivity (Wildman–Crippen MR) is 78.0 cm³/mol. The van der Waals surface area contributed by atoms with Crippen molar-refractivity contribution in [2.24, 2.45) is 5.41 Å². The van der Waals surface area contributed by atoms with Gasteiger partial charge in [-0.3, -0.25) is 9.59 Å². The lowest BCUT2D eigenvalue weighted by atomic mass is 9.77. The summed E-state index contributed by atoms with van der Waals surface area (Å²) in [6, 6.07) is 0. The SMILES string of the molecule is CCC(O)CCCC(CCCC(O)CC)(C(=O)O)C(=O)O. The number of carboxylic acid groups (broad SMARTS) is 2. The van der Waals surface area contributed by atoms with Crippen LogP contribution in [0.15, 0.2) is 0 Å². The highest BCUT2D eigenvalue weighted by Crippen LogP contribution is 2.33. The van der Waals surface area contributed by atoms with Gasteiger partial charge >= 0.3 is 11.9 Å². The Labute approximate surface area is 125 Å². The molecule has 0 saturated heterocycles. The molecule has 0 aromatic carbocycles. The zero-order chi connectivity index (χ0) is 16.5. The Morgan fingerprint density at radius 3 is 1.43 bits per heavy atom. The molecule has 0 aromatic heterocycles. The maximum Gasteiger partial charge on any atom is 0.321 e. The van der Waals surface area contributed by atoms with Crippen LogP contribution in [0.1, 0.15) is 65.2 Å². The third-order valence-corrected chi connectivity index (χ3v) is 4.04. The molecule has 0 bridgehead atoms. The molecule has 0 radical (unpaired) electrons. The van der Waals surface area contributed by atoms with Crippen molar-refractivity contribution >= 4 is 11.9 Å². The lowest BCUT2D eigenvalue weighted by Gasteiger charge is -2.25. The van der Waals surface area contributed by atoms with E-state index in [2.05, 4.69) is 0 Å². The molecule has 2 atom stereocenters. The largest absolute Gasteiger partial charge is 0.480 e. The monoisotopic (exact) mass is 304 g/mol. The van der Waals surface area contributed by atoms with Gasteiger partial charge in [0.2, 0.25) is 0 Å². The fourth-order valence-corrected chi connectivity index (χ4v) is 2.33. The van der Waals surface area contributed by atoms with Gasteiger partial charge in [0.1, 0.15) is 0 Å². The van der Waals surface area contributed by atoms with E-state index in [0.29, 0.717) is 38.5 Å². The number of rotatable bonds is 12. The zero-order valence-electron chi connectivity index (χ0n) is 12.9. The first-order valence-corrected chi connectivity index (χ1v) is 7.63. The average molecular weight is 304 g/mol. The Morgan fingerprint density at radius 1 is 0.857 bits per heavy atom. The second kappa shape index (κ2) is 9.73. The summed E-state index contributed by atoms with van der Waals surface area (Å²) in [6.07, 6.45) is 1.58. The van der Waals surface area contributed by atoms with Gasteiger partial charge in [0.15, 0.2) is 5.41 Å². The summed E-state index contributed by atoms with van der Waals surface area (Å²) in [5.74, 6) is -2.68. The van der Waals surface area contributed by atoms with Gasteiger partial charge < -0.3 is 20.4 Å². The first kappa shape index (κ1) is 19.9. The molecule has 0 spiro atoms. The van der Waals surface area contributed by atoms with E-state index >= 15 is 0 Å². The lowest BCUT2D eigenvalue weighted by Crippen LogP contribution is -2.39. The van der Waals surface area contributed by atoms with Crippen LogP contribution in [-0.2, 0) is 9.59 Å². The second-order valence-corrected chi connectivity index (χ2v) is 5.60. The molecule has 0 amide bonds. The first-order chi connectivity index (χ1) is 9.80. The van der Waals surface area contributed by atoms with Crippen molar-refractivity contribution in [3.8, 4) is 0 Å². The van der Waals surface area contributed by atoms with Gasteiger partial charge in [-0.1, -0.05) is 13.8 Å². The van der Waals surface area contributed by atoms with Crippen LogP contribution < -0.4 is 0 Å². The van der Waals surface area contributed by atoms with Crippen molar-refractivity contribution in [3.05, 3.63) is 0 Å². The number of aliphatic carboxylic acids is 2. The van der Waals surface area contributed by atoms with Gasteiger partial charge in [0.05, 0.1) is 12.2 Å². The number of carboxylic acids is 2. The van der Waals surface area contributed by atoms with Crippen LogP contribution >= 0.6 is 0 Å². The van der Waals surface area contributed by atoms with Crippen molar-refractivity contribution in [2.45, 2.75) is 77.4 Å². The minimum absolute atomic E-state index is 0.00303. The number of hydrogen-bond acceptors (Lipinski definition) is 4. The predicted octanol–water partition coefficient (Wildman–Crippen LogP) is 2.02. The molecule has 6 heteroatoms. The van der Waals surface area contributed by atoms with Crippen LogP contribution in [0.4, 0.5) is 0 Å². The minimum Gasteiger partial charge on any atom is -0.480 e. The highest BCUT2D eigenvalue weighted by molar-refractivity contribution is 5.98. The molecule has 2 unspecified atom stereocenters. The quantitative estimate of drug-likeness (QED) is 0.410. The summed E-state index contributed by atoms with van der Waals surface area (Å²) in [6.45, 7) is 3.64. The van der Waals surface area contributed by atoms with Crippen LogP contribution in [0.25, 0.3) is 0 Å². The van der Waals surface area contributed by atoms with Crippen LogP contribution in [0.2, 0.25) is 0 Å². The van der Waals surface area contributed by atoms with Gasteiger partial charge in [0.25, 0.3) is 0 Å². The topological polar surface area (TPSA) is 115 Å². The summed E-state index contributed by atoms with van der Waals surface area (Å²) in [5.41, 5.74) is -1.82. The highest BCUT2D eigenvalue weighted by atomic mass is 16.4. The van der Waals surface area contributed by atoms with E-state index in [1.165, 1.54) is 0 Å². The molecule has 0 rings (SSSR count). The van der Waals surface area contributed by atoms with E-state index in [-0.39, 0.29) is 12.8 Å². The van der Waals surface area contributed by atoms with Gasteiger partial charge in [-0.05, 0) is 51.4 Å². The first-order valence-electron chi connectivity index (χ1n) is 7.63. The van der Waals surface area contributed by atoms with E-state index in [9.17, 15) is 30.0 Å². The maximum absolute atomic E-state index is 11.4. The fourth-order valence-electron chi connectivity index (χ4n) is 2.33. The number of aliphatic hydroxyl groups is 2. The fraction of sp³-hybridized carbons (Fsp3) is 0.867. The maximum atomic E-state index is 11.4. The summed E-state index contributed by atoms with van der Waals surface area (Å²) in [7, 11) is 0. The van der Waals surface area contributed by atoms with Crippen molar-refractivity contribution in [1.82, 2.24) is 0 Å². The van der Waals surface area contributed by atoms with Crippen LogP contribution in [-0.4, -0.2) is 44.6 Å². The molecule has 0 heterocycles. The number of hydrogen-bond donors (Lipinski definition) is 4. The molecule has 0 saturated carbocycles. The molecule has 0 aromatic rings. The van der Waals surface area contributed by atoms with Crippen LogP contribution in [0, 0.1) is 5.41 Å². The minimum atomic E-state index is -1.82. The molecule has 6 nitrogen and oxygen atoms in total. The number of aliphatic hydroxyl groups excluding tert-OH is 2. The summed E-state index contributed by atoms with van der Waals surface area (Å²) in [5, 5.41) is 37.6. The van der Waals surface area contributed by atoms with Crippen molar-refractivity contribution in [3.63, 3.8) is 0 Å². The van der Waals surface area contributed by atoms with Crippen molar-refractivity contribution in [1.29, 1.82) is 0 Å². The van der Waals surface area contributed by atoms with Gasteiger partial charge in [-0.2, -0.15) is 0 Å². The lowest BCUT2D eigenvalue weighted by molar-refractivity contribution is -0.166. The standard InChI is InChI=1S/C15H28O6/c1-3-11(16)7-5-9-15(13(18)19,14(20)21)10-6-8-12(17)4-2/h11-12,16-17H,3-10H2,1-2H3,(H,18,19)(H,20,21). The van der Waals surface area contributed by atoms with E-state index < -0.39 is 29.6 Å². The average Bonchev–Trinajstić information content (AvgIpc) is 2.44. The highest BCUT2D eigenvalue weighted by Gasteiger charge is 2.45. The molecule has 124 valence electrons. The molecule has 4 N–H and O–H groups in total. The van der Waals surface area contributed by atoms with E-state index in [0.717, 1.165) is 0 Å². The van der Waals surface area contributed by atoms with Crippen LogP contribution in [0.5, 0.6) is 0 Å². The van der Waals surface area contributed by atoms with Crippen LogP contribution in [0.3, 0.4) is 0 Å². The van der Waals surface area contributed by atoms with E-state index in [1.807, 2.05) is 13.8 Å². The van der Waals surface area contributed by atoms with Gasteiger partial charge in [-0.15, -0.1) is 0 Å². The summed E-state index contributed by atoms with van der Waals surface area (Å²) in [4.78, 5) is 22.9.